The summed E-state index contributed by atoms with van der Waals surface area (Å²) in [5, 5.41) is 3.34. The quantitative estimate of drug-likeness (QED) is 0.866. The number of nitrogens with one attached hydrogen (secondary N) is 1. The van der Waals surface area contributed by atoms with Crippen molar-refractivity contribution in [1.82, 2.24) is 4.90 Å². The Kier molecular flexibility index (Phi) is 4.34. The number of hydrogen-bond donors (Lipinski definition) is 1. The van der Waals surface area contributed by atoms with Crippen molar-refractivity contribution in [2.24, 2.45) is 0 Å². The molecule has 2 rings (SSSR count). The van der Waals surface area contributed by atoms with Crippen LogP contribution in [0.5, 0.6) is 0 Å². The molecular weight excluding hydrogens is 219 g/mol. The van der Waals surface area contributed by atoms with E-state index in [-0.39, 0.29) is 5.82 Å². The van der Waals surface area contributed by atoms with Crippen molar-refractivity contribution in [3.8, 4) is 0 Å². The van der Waals surface area contributed by atoms with E-state index in [1.807, 2.05) is 6.92 Å². The molecule has 1 aliphatic heterocycles. The zero-order valence-electron chi connectivity index (χ0n) is 10.2. The normalized spacial score (nSPS) is 17.1. The van der Waals surface area contributed by atoms with Gasteiger partial charge in [-0.15, -0.1) is 0 Å². The number of rotatable bonds is 4. The van der Waals surface area contributed by atoms with E-state index in [9.17, 15) is 4.39 Å². The first-order valence-electron chi connectivity index (χ1n) is 6.06. The number of ether oxygens (including phenoxy) is 1. The Bertz CT molecular complexity index is 364. The molecule has 1 N–H and O–H groups in total. The summed E-state index contributed by atoms with van der Waals surface area (Å²) in [5.74, 6) is -0.179. The standard InChI is InChI=1S/C13H19FN2O/c1-11-10-12(14)2-3-13(11)15-4-5-16-6-8-17-9-7-16/h2-3,10,15H,4-9H2,1H3. The fourth-order valence-corrected chi connectivity index (χ4v) is 2.00. The Morgan fingerprint density at radius 2 is 2.12 bits per heavy atom. The average Bonchev–Trinajstić information content (AvgIpc) is 2.33. The van der Waals surface area contributed by atoms with Crippen LogP contribution in [0.1, 0.15) is 5.56 Å². The first-order valence-corrected chi connectivity index (χ1v) is 6.06. The Balaban J connectivity index is 1.77. The molecule has 17 heavy (non-hydrogen) atoms. The lowest BCUT2D eigenvalue weighted by molar-refractivity contribution is 0.0398. The largest absolute Gasteiger partial charge is 0.384 e. The molecule has 0 amide bonds. The van der Waals surface area contributed by atoms with Gasteiger partial charge in [0.1, 0.15) is 5.82 Å². The van der Waals surface area contributed by atoms with Crippen molar-refractivity contribution >= 4 is 5.69 Å². The van der Waals surface area contributed by atoms with Gasteiger partial charge in [0.05, 0.1) is 13.2 Å². The van der Waals surface area contributed by atoms with Gasteiger partial charge in [0.25, 0.3) is 0 Å². The summed E-state index contributed by atoms with van der Waals surface area (Å²) >= 11 is 0. The number of halogens is 1. The summed E-state index contributed by atoms with van der Waals surface area (Å²) in [4.78, 5) is 2.37. The summed E-state index contributed by atoms with van der Waals surface area (Å²) in [6, 6.07) is 4.84. The summed E-state index contributed by atoms with van der Waals surface area (Å²) in [6.07, 6.45) is 0. The highest BCUT2D eigenvalue weighted by atomic mass is 19.1. The number of nitrogens with zero attached hydrogens (tertiary/aromatic N) is 1. The molecule has 0 radical (unpaired) electrons. The summed E-state index contributed by atoms with van der Waals surface area (Å²) in [5.41, 5.74) is 1.96. The fourth-order valence-electron chi connectivity index (χ4n) is 2.00. The molecular formula is C13H19FN2O. The first kappa shape index (κ1) is 12.3. The van der Waals surface area contributed by atoms with E-state index in [1.165, 1.54) is 6.07 Å². The smallest absolute Gasteiger partial charge is 0.123 e. The maximum atomic E-state index is 12.9. The second-order valence-electron chi connectivity index (χ2n) is 4.34. The molecule has 1 heterocycles. The molecule has 1 aliphatic rings. The minimum atomic E-state index is -0.179. The van der Waals surface area contributed by atoms with Gasteiger partial charge in [0.2, 0.25) is 0 Å². The number of morpholine rings is 1. The summed E-state index contributed by atoms with van der Waals surface area (Å²) in [7, 11) is 0. The molecule has 0 aromatic heterocycles. The highest BCUT2D eigenvalue weighted by Gasteiger charge is 2.09. The van der Waals surface area contributed by atoms with Gasteiger partial charge in [-0.3, -0.25) is 4.90 Å². The predicted octanol–water partition coefficient (Wildman–Crippen LogP) is 1.88. The van der Waals surface area contributed by atoms with E-state index < -0.39 is 0 Å². The molecule has 0 saturated carbocycles. The lowest BCUT2D eigenvalue weighted by Gasteiger charge is -2.26. The molecule has 0 unspecified atom stereocenters. The van der Waals surface area contributed by atoms with Crippen LogP contribution in [0.15, 0.2) is 18.2 Å². The second-order valence-corrected chi connectivity index (χ2v) is 4.34. The molecule has 0 aliphatic carbocycles. The van der Waals surface area contributed by atoms with Gasteiger partial charge in [-0.1, -0.05) is 0 Å². The van der Waals surface area contributed by atoms with Gasteiger partial charge in [-0.05, 0) is 30.7 Å². The van der Waals surface area contributed by atoms with E-state index in [4.69, 9.17) is 4.74 Å². The van der Waals surface area contributed by atoms with E-state index in [1.54, 1.807) is 12.1 Å². The van der Waals surface area contributed by atoms with Crippen LogP contribution in [-0.4, -0.2) is 44.3 Å². The van der Waals surface area contributed by atoms with Crippen LogP contribution in [0.2, 0.25) is 0 Å². The van der Waals surface area contributed by atoms with Gasteiger partial charge in [0.15, 0.2) is 0 Å². The van der Waals surface area contributed by atoms with Crippen LogP contribution in [-0.2, 0) is 4.74 Å². The molecule has 94 valence electrons. The van der Waals surface area contributed by atoms with Crippen LogP contribution >= 0.6 is 0 Å². The predicted molar refractivity (Wildman–Crippen MR) is 66.9 cm³/mol. The van der Waals surface area contributed by atoms with E-state index >= 15 is 0 Å². The van der Waals surface area contributed by atoms with Crippen molar-refractivity contribution in [1.29, 1.82) is 0 Å². The third-order valence-corrected chi connectivity index (χ3v) is 3.04. The highest BCUT2D eigenvalue weighted by Crippen LogP contribution is 2.15. The van der Waals surface area contributed by atoms with Gasteiger partial charge in [-0.2, -0.15) is 0 Å². The Labute approximate surface area is 102 Å². The SMILES string of the molecule is Cc1cc(F)ccc1NCCN1CCOCC1. The monoisotopic (exact) mass is 238 g/mol. The molecule has 1 fully saturated rings. The van der Waals surface area contributed by atoms with Crippen molar-refractivity contribution in [2.75, 3.05) is 44.7 Å². The van der Waals surface area contributed by atoms with Crippen LogP contribution in [0.4, 0.5) is 10.1 Å². The highest BCUT2D eigenvalue weighted by molar-refractivity contribution is 5.50. The molecule has 0 bridgehead atoms. The van der Waals surface area contributed by atoms with E-state index in [0.29, 0.717) is 0 Å². The van der Waals surface area contributed by atoms with Crippen LogP contribution in [0, 0.1) is 12.7 Å². The Hall–Kier alpha value is -1.13. The molecule has 0 spiro atoms. The maximum Gasteiger partial charge on any atom is 0.123 e. The van der Waals surface area contributed by atoms with Crippen molar-refractivity contribution in [3.05, 3.63) is 29.6 Å². The number of benzene rings is 1. The zero-order chi connectivity index (χ0) is 12.1. The minimum absolute atomic E-state index is 0.179. The van der Waals surface area contributed by atoms with Crippen LogP contribution < -0.4 is 5.32 Å². The maximum absolute atomic E-state index is 12.9. The summed E-state index contributed by atoms with van der Waals surface area (Å²) < 4.78 is 18.2. The third kappa shape index (κ3) is 3.68. The Morgan fingerprint density at radius 3 is 2.82 bits per heavy atom. The first-order chi connectivity index (χ1) is 8.25. The topological polar surface area (TPSA) is 24.5 Å². The number of anilines is 1. The Morgan fingerprint density at radius 1 is 1.35 bits per heavy atom. The van der Waals surface area contributed by atoms with Crippen LogP contribution in [0.25, 0.3) is 0 Å². The van der Waals surface area contributed by atoms with Crippen molar-refractivity contribution in [3.63, 3.8) is 0 Å². The van der Waals surface area contributed by atoms with Gasteiger partial charge in [-0.25, -0.2) is 4.39 Å². The summed E-state index contributed by atoms with van der Waals surface area (Å²) in [6.45, 7) is 7.46. The molecule has 3 nitrogen and oxygen atoms in total. The van der Waals surface area contributed by atoms with Crippen LogP contribution in [0.3, 0.4) is 0 Å². The number of aryl methyl sites for hydroxylation is 1. The van der Waals surface area contributed by atoms with Gasteiger partial charge in [0, 0.05) is 31.9 Å². The lowest BCUT2D eigenvalue weighted by Crippen LogP contribution is -2.39. The van der Waals surface area contributed by atoms with E-state index in [0.717, 1.165) is 50.6 Å². The molecule has 1 saturated heterocycles. The van der Waals surface area contributed by atoms with Crippen molar-refractivity contribution < 1.29 is 9.13 Å². The molecule has 1 aromatic carbocycles. The lowest BCUT2D eigenvalue weighted by atomic mass is 10.2. The molecule has 1 aromatic rings. The number of hydrogen-bond acceptors (Lipinski definition) is 3. The van der Waals surface area contributed by atoms with Crippen molar-refractivity contribution in [2.45, 2.75) is 6.92 Å². The van der Waals surface area contributed by atoms with Gasteiger partial charge < -0.3 is 10.1 Å². The molecule has 4 heteroatoms. The average molecular weight is 238 g/mol. The van der Waals surface area contributed by atoms with Gasteiger partial charge >= 0.3 is 0 Å². The minimum Gasteiger partial charge on any atom is -0.384 e. The second kappa shape index (κ2) is 5.98. The fraction of sp³-hybridized carbons (Fsp3) is 0.538. The molecule has 0 atom stereocenters. The van der Waals surface area contributed by atoms with E-state index in [2.05, 4.69) is 10.2 Å². The zero-order valence-corrected chi connectivity index (χ0v) is 10.2. The third-order valence-electron chi connectivity index (χ3n) is 3.04.